The van der Waals surface area contributed by atoms with E-state index in [1.54, 1.807) is 6.07 Å². The third kappa shape index (κ3) is 11.4. The molecule has 0 radical (unpaired) electrons. The van der Waals surface area contributed by atoms with Gasteiger partial charge in [-0.3, -0.25) is 4.99 Å². The largest absolute Gasteiger partial charge is 0.358 e. The van der Waals surface area contributed by atoms with E-state index >= 15 is 0 Å². The molecule has 0 aliphatic heterocycles. The van der Waals surface area contributed by atoms with Gasteiger partial charge in [-0.25, -0.2) is 4.39 Å². The molecule has 2 nitrogen and oxygen atoms in total. The van der Waals surface area contributed by atoms with Crippen molar-refractivity contribution in [3.05, 3.63) is 99.1 Å². The topological polar surface area (TPSA) is 28.1 Å². The van der Waals surface area contributed by atoms with Crippen LogP contribution in [0.2, 0.25) is 5.02 Å². The van der Waals surface area contributed by atoms with Gasteiger partial charge in [0.25, 0.3) is 0 Å². The van der Waals surface area contributed by atoms with Crippen LogP contribution in [0.5, 0.6) is 0 Å². The number of unbranched alkanes of at least 4 members (excludes halogenated alkanes) is 4. The number of rotatable bonds is 13. The van der Waals surface area contributed by atoms with E-state index in [-0.39, 0.29) is 16.8 Å². The molecule has 0 bridgehead atoms. The van der Waals surface area contributed by atoms with E-state index < -0.39 is 0 Å². The molecule has 4 heteroatoms. The molecule has 0 fully saturated rings. The summed E-state index contributed by atoms with van der Waals surface area (Å²) in [5.41, 5.74) is 9.24. The highest BCUT2D eigenvalue weighted by molar-refractivity contribution is 6.31. The third-order valence-electron chi connectivity index (χ3n) is 7.26. The van der Waals surface area contributed by atoms with Gasteiger partial charge in [-0.15, -0.1) is 0 Å². The van der Waals surface area contributed by atoms with Crippen molar-refractivity contribution >= 4 is 34.3 Å². The molecule has 1 N–H and O–H groups in total. The van der Waals surface area contributed by atoms with Crippen LogP contribution in [0.1, 0.15) is 129 Å². The smallest absolute Gasteiger partial charge is 0.143 e. The van der Waals surface area contributed by atoms with Gasteiger partial charge < -0.3 is 4.98 Å². The first kappa shape index (κ1) is 35.3. The van der Waals surface area contributed by atoms with Crippen LogP contribution in [0.4, 0.5) is 4.39 Å². The van der Waals surface area contributed by atoms with E-state index in [4.69, 9.17) is 11.6 Å². The van der Waals surface area contributed by atoms with Crippen LogP contribution in [0.25, 0.3) is 17.0 Å². The predicted molar refractivity (Wildman–Crippen MR) is 186 cm³/mol. The van der Waals surface area contributed by atoms with E-state index in [1.165, 1.54) is 53.3 Å². The number of aromatic nitrogens is 1. The Morgan fingerprint density at radius 3 is 2.29 bits per heavy atom. The molecule has 0 spiro atoms. The van der Waals surface area contributed by atoms with E-state index in [2.05, 4.69) is 100 Å². The average Bonchev–Trinajstić information content (AvgIpc) is 3.28. The molecule has 228 valence electrons. The van der Waals surface area contributed by atoms with Gasteiger partial charge in [0.15, 0.2) is 0 Å². The maximum Gasteiger partial charge on any atom is 0.143 e. The minimum atomic E-state index is -0.373. The second-order valence-corrected chi connectivity index (χ2v) is 11.9. The van der Waals surface area contributed by atoms with Crippen LogP contribution >= 0.6 is 11.6 Å². The zero-order chi connectivity index (χ0) is 31.1. The lowest BCUT2D eigenvalue weighted by Gasteiger charge is -2.14. The summed E-state index contributed by atoms with van der Waals surface area (Å²) in [6.45, 7) is 17.0. The zero-order valence-corrected chi connectivity index (χ0v) is 28.0. The first-order valence-electron chi connectivity index (χ1n) is 15.7. The third-order valence-corrected chi connectivity index (χ3v) is 7.55. The Morgan fingerprint density at radius 2 is 1.67 bits per heavy atom. The summed E-state index contributed by atoms with van der Waals surface area (Å²) in [7, 11) is 0. The van der Waals surface area contributed by atoms with E-state index in [0.29, 0.717) is 0 Å². The van der Waals surface area contributed by atoms with Gasteiger partial charge in [0.05, 0.1) is 5.02 Å². The van der Waals surface area contributed by atoms with E-state index in [1.807, 2.05) is 13.8 Å². The van der Waals surface area contributed by atoms with Crippen LogP contribution in [0, 0.1) is 5.82 Å². The number of hydrogen-bond acceptors (Lipinski definition) is 1. The van der Waals surface area contributed by atoms with Crippen molar-refractivity contribution in [1.29, 1.82) is 0 Å². The lowest BCUT2D eigenvalue weighted by Crippen LogP contribution is -2.01. The highest BCUT2D eigenvalue weighted by Crippen LogP contribution is 2.35. The van der Waals surface area contributed by atoms with Gasteiger partial charge in [-0.1, -0.05) is 107 Å². The number of H-pyrrole nitrogens is 1. The second kappa shape index (κ2) is 18.6. The number of fused-ring (bicyclic) bond motifs is 1. The zero-order valence-electron chi connectivity index (χ0n) is 27.2. The number of allylic oxidation sites excluding steroid dienone is 5. The van der Waals surface area contributed by atoms with Crippen LogP contribution in [-0.2, 0) is 6.42 Å². The molecular weight excluding hydrogens is 539 g/mol. The Kier molecular flexibility index (Phi) is 15.6. The average molecular weight is 591 g/mol. The molecule has 1 atom stereocenters. The Morgan fingerprint density at radius 1 is 0.976 bits per heavy atom. The number of aromatic amines is 1. The lowest BCUT2D eigenvalue weighted by molar-refractivity contribution is 0.630. The standard InChI is InChI=1S/C27H33ClFN.C11H19N/c1-4-6-8-9-10-11-20-13-15-21(16-14-20)19(3)27-22(12-7-5-2)23-17-24(28)25(29)18-26(23)30-27;1-6-7-10(4)12-11(5)8-9(2)3/h10-11,13-19,30H,4-9,12H2,1-3H3;7-8H,6H2,1-5H3/b11-10+;10-7+,12-11?. The molecule has 0 saturated heterocycles. The van der Waals surface area contributed by atoms with Crippen LogP contribution in [0.15, 0.2) is 70.9 Å². The molecule has 0 aliphatic rings. The molecule has 1 heterocycles. The van der Waals surface area contributed by atoms with E-state index in [9.17, 15) is 4.39 Å². The van der Waals surface area contributed by atoms with Gasteiger partial charge in [-0.05, 0) is 94.7 Å². The highest BCUT2D eigenvalue weighted by atomic mass is 35.5. The quantitative estimate of drug-likeness (QED) is 0.151. The SMILES string of the molecule is CC/C=C(\C)N=C(C)C=C(C)C.CCCCC/C=C/c1ccc(C(C)c2[nH]c3cc(F)c(Cl)cc3c2CCCC)cc1. The highest BCUT2D eigenvalue weighted by Gasteiger charge is 2.19. The summed E-state index contributed by atoms with van der Waals surface area (Å²) in [6, 6.07) is 12.1. The number of hydrogen-bond donors (Lipinski definition) is 1. The van der Waals surface area contributed by atoms with Crippen molar-refractivity contribution in [3.8, 4) is 0 Å². The number of nitrogens with zero attached hydrogens (tertiary/aromatic N) is 1. The molecule has 1 unspecified atom stereocenters. The molecule has 2 aromatic carbocycles. The fourth-order valence-electron chi connectivity index (χ4n) is 5.12. The molecule has 3 rings (SSSR count). The minimum Gasteiger partial charge on any atom is -0.358 e. The van der Waals surface area contributed by atoms with Crippen molar-refractivity contribution in [3.63, 3.8) is 0 Å². The fourth-order valence-corrected chi connectivity index (χ4v) is 5.29. The van der Waals surface area contributed by atoms with Gasteiger partial charge in [0, 0.05) is 33.9 Å². The van der Waals surface area contributed by atoms with Gasteiger partial charge >= 0.3 is 0 Å². The van der Waals surface area contributed by atoms with E-state index in [0.717, 1.165) is 54.4 Å². The van der Waals surface area contributed by atoms with Crippen molar-refractivity contribution in [2.45, 2.75) is 113 Å². The molecule has 0 amide bonds. The van der Waals surface area contributed by atoms with Crippen molar-refractivity contribution in [2.24, 2.45) is 4.99 Å². The summed E-state index contributed by atoms with van der Waals surface area (Å²) < 4.78 is 14.0. The van der Waals surface area contributed by atoms with Crippen molar-refractivity contribution in [2.75, 3.05) is 0 Å². The number of halogens is 2. The van der Waals surface area contributed by atoms with Crippen LogP contribution < -0.4 is 0 Å². The Balaban J connectivity index is 0.000000435. The molecule has 1 aromatic heterocycles. The number of nitrogens with one attached hydrogen (secondary N) is 1. The molecule has 0 saturated carbocycles. The second-order valence-electron chi connectivity index (χ2n) is 11.4. The Hall–Kier alpha value is -2.91. The first-order chi connectivity index (χ1) is 20.1. The molecule has 42 heavy (non-hydrogen) atoms. The monoisotopic (exact) mass is 590 g/mol. The maximum atomic E-state index is 14.0. The number of aliphatic imine (C=N–C) groups is 1. The first-order valence-corrected chi connectivity index (χ1v) is 16.1. The summed E-state index contributed by atoms with van der Waals surface area (Å²) in [5.74, 6) is -0.171. The van der Waals surface area contributed by atoms with Gasteiger partial charge in [-0.2, -0.15) is 0 Å². The fraction of sp³-hybridized carbons (Fsp3) is 0.447. The molecular formula is C38H52ClFN2. The maximum absolute atomic E-state index is 14.0. The van der Waals surface area contributed by atoms with Crippen LogP contribution in [0.3, 0.4) is 0 Å². The summed E-state index contributed by atoms with van der Waals surface area (Å²) in [5, 5.41) is 1.23. The summed E-state index contributed by atoms with van der Waals surface area (Å²) in [6.07, 6.45) is 17.9. The van der Waals surface area contributed by atoms with Crippen LogP contribution in [-0.4, -0.2) is 10.7 Å². The van der Waals surface area contributed by atoms with Crippen molar-refractivity contribution < 1.29 is 4.39 Å². The summed E-state index contributed by atoms with van der Waals surface area (Å²) in [4.78, 5) is 7.90. The van der Waals surface area contributed by atoms with Crippen molar-refractivity contribution in [1.82, 2.24) is 4.98 Å². The summed E-state index contributed by atoms with van der Waals surface area (Å²) >= 11 is 6.09. The lowest BCUT2D eigenvalue weighted by atomic mass is 9.92. The molecule has 0 aliphatic carbocycles. The molecule has 3 aromatic rings. The Labute approximate surface area is 259 Å². The normalized spacial score (nSPS) is 12.9. The van der Waals surface area contributed by atoms with Gasteiger partial charge in [0.1, 0.15) is 5.82 Å². The minimum absolute atomic E-state index is 0.188. The number of aryl methyl sites for hydroxylation is 1. The predicted octanol–water partition coefficient (Wildman–Crippen LogP) is 12.8. The number of benzene rings is 2. The Bertz CT molecular complexity index is 1370. The van der Waals surface area contributed by atoms with Gasteiger partial charge in [0.2, 0.25) is 0 Å².